The third-order valence-electron chi connectivity index (χ3n) is 1.31. The molecule has 0 fully saturated rings. The average Bonchev–Trinajstić information content (AvgIpc) is 1.84. The van der Waals surface area contributed by atoms with Crippen molar-refractivity contribution in [2.24, 2.45) is 5.73 Å². The second-order valence-electron chi connectivity index (χ2n) is 2.07. The number of nitrogens with two attached hydrogens (primary N) is 1. The zero-order chi connectivity index (χ0) is 7.44. The summed E-state index contributed by atoms with van der Waals surface area (Å²) >= 11 is 0. The van der Waals surface area contributed by atoms with E-state index in [1.54, 1.807) is 7.05 Å². The summed E-state index contributed by atoms with van der Waals surface area (Å²) in [6, 6.07) is 0. The van der Waals surface area contributed by atoms with Crippen LogP contribution >= 0.6 is 0 Å². The maximum Gasteiger partial charge on any atom is 0.0990 e. The molecular weight excluding hydrogens is 112 g/mol. The van der Waals surface area contributed by atoms with E-state index in [9.17, 15) is 0 Å². The summed E-state index contributed by atoms with van der Waals surface area (Å²) in [4.78, 5) is 0. The minimum atomic E-state index is 0.697. The van der Waals surface area contributed by atoms with Gasteiger partial charge in [-0.25, -0.2) is 0 Å². The molecule has 0 aromatic heterocycles. The molecule has 0 rings (SSSR count). The predicted octanol–water partition coefficient (Wildman–Crippen LogP) is 0.972. The molecule has 0 heterocycles. The van der Waals surface area contributed by atoms with Crippen molar-refractivity contribution in [3.05, 3.63) is 23.5 Å². The van der Waals surface area contributed by atoms with Crippen molar-refractivity contribution >= 4 is 0 Å². The van der Waals surface area contributed by atoms with Gasteiger partial charge in [0.15, 0.2) is 0 Å². The first-order chi connectivity index (χ1) is 4.09. The molecule has 0 saturated heterocycles. The summed E-state index contributed by atoms with van der Waals surface area (Å²) in [7, 11) is 1.79. The molecule has 0 aromatic carbocycles. The Bertz CT molecular complexity index is 145. The van der Waals surface area contributed by atoms with Gasteiger partial charge in [-0.15, -0.1) is 0 Å². The standard InChI is InChI=1S/C7H14N2/c1-5(2)6(3)7(8)9-4/h9H,1,8H2,2-4H3/b7-6-. The van der Waals surface area contributed by atoms with Gasteiger partial charge in [0.25, 0.3) is 0 Å². The second-order valence-corrected chi connectivity index (χ2v) is 2.07. The third-order valence-corrected chi connectivity index (χ3v) is 1.31. The fourth-order valence-corrected chi connectivity index (χ4v) is 0.417. The lowest BCUT2D eigenvalue weighted by Gasteiger charge is -2.04. The van der Waals surface area contributed by atoms with Crippen molar-refractivity contribution in [2.45, 2.75) is 13.8 Å². The molecule has 0 aromatic rings. The van der Waals surface area contributed by atoms with Gasteiger partial charge in [-0.1, -0.05) is 12.2 Å². The zero-order valence-electron chi connectivity index (χ0n) is 6.28. The Hall–Kier alpha value is -0.920. The molecule has 0 aliphatic carbocycles. The van der Waals surface area contributed by atoms with Crippen LogP contribution in [-0.4, -0.2) is 7.05 Å². The lowest BCUT2D eigenvalue weighted by atomic mass is 10.1. The molecule has 0 aliphatic rings. The van der Waals surface area contributed by atoms with Crippen molar-refractivity contribution in [1.82, 2.24) is 5.32 Å². The Morgan fingerprint density at radius 2 is 1.89 bits per heavy atom. The molecule has 2 heteroatoms. The zero-order valence-corrected chi connectivity index (χ0v) is 6.28. The fourth-order valence-electron chi connectivity index (χ4n) is 0.417. The van der Waals surface area contributed by atoms with E-state index in [1.165, 1.54) is 0 Å². The van der Waals surface area contributed by atoms with Crippen LogP contribution in [0, 0.1) is 0 Å². The highest BCUT2D eigenvalue weighted by atomic mass is 15.0. The van der Waals surface area contributed by atoms with E-state index in [1.807, 2.05) is 13.8 Å². The molecule has 3 N–H and O–H groups in total. The van der Waals surface area contributed by atoms with Crippen LogP contribution in [0.5, 0.6) is 0 Å². The molecule has 0 aliphatic heterocycles. The highest BCUT2D eigenvalue weighted by molar-refractivity contribution is 5.27. The van der Waals surface area contributed by atoms with Crippen molar-refractivity contribution in [2.75, 3.05) is 7.05 Å². The van der Waals surface area contributed by atoms with Crippen LogP contribution in [-0.2, 0) is 0 Å². The predicted molar refractivity (Wildman–Crippen MR) is 40.8 cm³/mol. The van der Waals surface area contributed by atoms with E-state index in [2.05, 4.69) is 11.9 Å². The fraction of sp³-hybridized carbons (Fsp3) is 0.429. The molecule has 0 spiro atoms. The first-order valence-electron chi connectivity index (χ1n) is 2.89. The molecule has 9 heavy (non-hydrogen) atoms. The number of nitrogens with one attached hydrogen (secondary N) is 1. The van der Waals surface area contributed by atoms with Crippen molar-refractivity contribution in [3.63, 3.8) is 0 Å². The third kappa shape index (κ3) is 2.22. The molecule has 2 nitrogen and oxygen atoms in total. The molecular formula is C7H14N2. The number of allylic oxidation sites excluding steroid dienone is 2. The van der Waals surface area contributed by atoms with Crippen molar-refractivity contribution < 1.29 is 0 Å². The summed E-state index contributed by atoms with van der Waals surface area (Å²) in [6.07, 6.45) is 0. The lowest BCUT2D eigenvalue weighted by molar-refractivity contribution is 0.937. The van der Waals surface area contributed by atoms with Gasteiger partial charge in [0.2, 0.25) is 0 Å². The van der Waals surface area contributed by atoms with E-state index in [-0.39, 0.29) is 0 Å². The summed E-state index contributed by atoms with van der Waals surface area (Å²) in [5, 5.41) is 2.84. The largest absolute Gasteiger partial charge is 0.385 e. The van der Waals surface area contributed by atoms with Gasteiger partial charge in [-0.05, 0) is 19.4 Å². The molecule has 0 amide bonds. The maximum absolute atomic E-state index is 5.53. The Morgan fingerprint density at radius 3 is 2.00 bits per heavy atom. The van der Waals surface area contributed by atoms with Gasteiger partial charge in [-0.3, -0.25) is 0 Å². The molecule has 0 bridgehead atoms. The van der Waals surface area contributed by atoms with Crippen LogP contribution in [0.3, 0.4) is 0 Å². The Morgan fingerprint density at radius 1 is 1.44 bits per heavy atom. The minimum Gasteiger partial charge on any atom is -0.385 e. The summed E-state index contributed by atoms with van der Waals surface area (Å²) in [6.45, 7) is 7.61. The highest BCUT2D eigenvalue weighted by Gasteiger charge is 1.93. The quantitative estimate of drug-likeness (QED) is 0.541. The van der Waals surface area contributed by atoms with Crippen molar-refractivity contribution in [1.29, 1.82) is 0 Å². The Kier molecular flexibility index (Phi) is 2.85. The SMILES string of the molecule is C=C(C)/C(C)=C(/N)NC. The van der Waals surface area contributed by atoms with Gasteiger partial charge >= 0.3 is 0 Å². The second kappa shape index (κ2) is 3.17. The summed E-state index contributed by atoms with van der Waals surface area (Å²) < 4.78 is 0. The number of hydrogen-bond acceptors (Lipinski definition) is 2. The number of rotatable bonds is 2. The highest BCUT2D eigenvalue weighted by Crippen LogP contribution is 2.04. The normalized spacial score (nSPS) is 12.3. The monoisotopic (exact) mass is 126 g/mol. The molecule has 0 atom stereocenters. The van der Waals surface area contributed by atoms with Gasteiger partial charge in [0.1, 0.15) is 0 Å². The maximum atomic E-state index is 5.53. The van der Waals surface area contributed by atoms with Crippen molar-refractivity contribution in [3.8, 4) is 0 Å². The summed E-state index contributed by atoms with van der Waals surface area (Å²) in [5.41, 5.74) is 7.55. The van der Waals surface area contributed by atoms with Crippen LogP contribution in [0.4, 0.5) is 0 Å². The Labute approximate surface area is 56.4 Å². The smallest absolute Gasteiger partial charge is 0.0990 e. The molecule has 0 unspecified atom stereocenters. The molecule has 0 saturated carbocycles. The first-order valence-corrected chi connectivity index (χ1v) is 2.89. The van der Waals surface area contributed by atoms with E-state index in [4.69, 9.17) is 5.73 Å². The average molecular weight is 126 g/mol. The Balaban J connectivity index is 4.28. The summed E-state index contributed by atoms with van der Waals surface area (Å²) in [5.74, 6) is 0.697. The molecule has 52 valence electrons. The van der Waals surface area contributed by atoms with E-state index >= 15 is 0 Å². The first kappa shape index (κ1) is 8.08. The van der Waals surface area contributed by atoms with Crippen LogP contribution in [0.15, 0.2) is 23.5 Å². The molecule has 0 radical (unpaired) electrons. The lowest BCUT2D eigenvalue weighted by Crippen LogP contribution is -2.16. The van der Waals surface area contributed by atoms with Gasteiger partial charge in [0, 0.05) is 7.05 Å². The van der Waals surface area contributed by atoms with Crippen LogP contribution in [0.1, 0.15) is 13.8 Å². The van der Waals surface area contributed by atoms with Gasteiger partial charge < -0.3 is 11.1 Å². The topological polar surface area (TPSA) is 38.0 Å². The van der Waals surface area contributed by atoms with Crippen LogP contribution < -0.4 is 11.1 Å². The van der Waals surface area contributed by atoms with E-state index in [0.29, 0.717) is 5.82 Å². The van der Waals surface area contributed by atoms with E-state index in [0.717, 1.165) is 11.1 Å². The van der Waals surface area contributed by atoms with E-state index < -0.39 is 0 Å². The van der Waals surface area contributed by atoms with Gasteiger partial charge in [0.05, 0.1) is 5.82 Å². The van der Waals surface area contributed by atoms with Gasteiger partial charge in [-0.2, -0.15) is 0 Å². The number of hydrogen-bond donors (Lipinski definition) is 2. The van der Waals surface area contributed by atoms with Crippen LogP contribution in [0.2, 0.25) is 0 Å². The minimum absolute atomic E-state index is 0.697. The van der Waals surface area contributed by atoms with Crippen LogP contribution in [0.25, 0.3) is 0 Å².